The van der Waals surface area contributed by atoms with Gasteiger partial charge in [-0.1, -0.05) is 19.1 Å². The standard InChI is InChI=1S/C22H24N2O7/c1-7-8-5-4-6-9(25)11(8)18(27)13-10(7)17(26)12-14(19(13)28)20(29)15(22(23)31)21(30)16(12)24(2)3/h4-7,10,12,14,16-17,25-27,30H,1-3H3,(H2,23,31)/t7-,10+,12-,14-,16-,17+/m1/s1. The number of hydrogen-bond acceptors (Lipinski definition) is 8. The Morgan fingerprint density at radius 2 is 1.74 bits per heavy atom. The summed E-state index contributed by atoms with van der Waals surface area (Å²) in [5, 5.41) is 43.3. The first-order chi connectivity index (χ1) is 14.5. The molecule has 0 bridgehead atoms. The molecule has 0 heterocycles. The molecule has 3 aliphatic rings. The Hall–Kier alpha value is -3.17. The van der Waals surface area contributed by atoms with E-state index in [-0.39, 0.29) is 16.9 Å². The first-order valence-corrected chi connectivity index (χ1v) is 9.91. The normalized spacial score (nSPS) is 32.7. The molecule has 3 aliphatic carbocycles. The molecule has 0 unspecified atom stereocenters. The van der Waals surface area contributed by atoms with Crippen molar-refractivity contribution in [2.24, 2.45) is 23.5 Å². The number of amides is 1. The van der Waals surface area contributed by atoms with Gasteiger partial charge in [0.05, 0.1) is 23.6 Å². The van der Waals surface area contributed by atoms with E-state index in [2.05, 4.69) is 0 Å². The van der Waals surface area contributed by atoms with Crippen LogP contribution in [0.4, 0.5) is 0 Å². The SMILES string of the molecule is C[C@@H]1c2cccc(O)c2C(O)=C2C(=O)[C@@H]3C(=O)C(C(N)=O)=C(O)[C@H](N(C)C)[C@@H]3[C@@H](O)[C@H]21. The molecule has 9 heteroatoms. The summed E-state index contributed by atoms with van der Waals surface area (Å²) in [4.78, 5) is 40.1. The number of hydrogen-bond donors (Lipinski definition) is 5. The van der Waals surface area contributed by atoms with Crippen molar-refractivity contribution in [2.75, 3.05) is 14.1 Å². The number of phenols is 1. The van der Waals surface area contributed by atoms with Crippen LogP contribution in [0, 0.1) is 17.8 Å². The highest BCUT2D eigenvalue weighted by Crippen LogP contribution is 2.54. The highest BCUT2D eigenvalue weighted by Gasteiger charge is 2.60. The van der Waals surface area contributed by atoms with Crippen molar-refractivity contribution in [2.45, 2.75) is 25.0 Å². The van der Waals surface area contributed by atoms with E-state index >= 15 is 0 Å². The summed E-state index contributed by atoms with van der Waals surface area (Å²) in [5.41, 5.74) is 5.11. The van der Waals surface area contributed by atoms with E-state index in [1.165, 1.54) is 11.0 Å². The number of carbonyl (C=O) groups excluding carboxylic acids is 3. The predicted molar refractivity (Wildman–Crippen MR) is 109 cm³/mol. The molecule has 1 fully saturated rings. The summed E-state index contributed by atoms with van der Waals surface area (Å²) in [5.74, 6) is -8.11. The van der Waals surface area contributed by atoms with Crippen molar-refractivity contribution in [1.29, 1.82) is 0 Å². The number of nitrogens with zero attached hydrogens (tertiary/aromatic N) is 1. The first kappa shape index (κ1) is 21.1. The van der Waals surface area contributed by atoms with Crippen LogP contribution in [-0.4, -0.2) is 69.0 Å². The van der Waals surface area contributed by atoms with Crippen LogP contribution in [0.15, 0.2) is 35.1 Å². The highest BCUT2D eigenvalue weighted by molar-refractivity contribution is 6.28. The fraction of sp³-hybridized carbons (Fsp3) is 0.409. The second kappa shape index (κ2) is 6.93. The molecule has 1 aromatic carbocycles. The number of aliphatic hydroxyl groups excluding tert-OH is 3. The Bertz CT molecular complexity index is 1090. The molecule has 6 atom stereocenters. The van der Waals surface area contributed by atoms with Gasteiger partial charge in [-0.25, -0.2) is 0 Å². The van der Waals surface area contributed by atoms with Crippen molar-refractivity contribution < 1.29 is 34.8 Å². The number of nitrogens with two attached hydrogens (primary N) is 1. The van der Waals surface area contributed by atoms with Crippen molar-refractivity contribution in [3.8, 4) is 5.75 Å². The zero-order chi connectivity index (χ0) is 22.9. The van der Waals surface area contributed by atoms with Crippen molar-refractivity contribution in [3.63, 3.8) is 0 Å². The van der Waals surface area contributed by atoms with Gasteiger partial charge in [-0.05, 0) is 31.6 Å². The van der Waals surface area contributed by atoms with E-state index in [1.807, 2.05) is 0 Å². The Morgan fingerprint density at radius 3 is 2.32 bits per heavy atom. The van der Waals surface area contributed by atoms with Crippen LogP contribution >= 0.6 is 0 Å². The van der Waals surface area contributed by atoms with E-state index in [9.17, 15) is 34.8 Å². The van der Waals surface area contributed by atoms with Gasteiger partial charge < -0.3 is 26.2 Å². The van der Waals surface area contributed by atoms with E-state index in [1.54, 1.807) is 33.2 Å². The number of aliphatic hydroxyl groups is 3. The van der Waals surface area contributed by atoms with Gasteiger partial charge in [0.1, 0.15) is 22.8 Å². The first-order valence-electron chi connectivity index (χ1n) is 9.91. The molecule has 1 saturated carbocycles. The number of aromatic hydroxyl groups is 1. The van der Waals surface area contributed by atoms with Gasteiger partial charge >= 0.3 is 0 Å². The van der Waals surface area contributed by atoms with Crippen LogP contribution in [0.3, 0.4) is 0 Å². The third-order valence-corrected chi connectivity index (χ3v) is 6.86. The third-order valence-electron chi connectivity index (χ3n) is 6.86. The molecular formula is C22H24N2O7. The maximum Gasteiger partial charge on any atom is 0.255 e. The van der Waals surface area contributed by atoms with Gasteiger partial charge in [0.2, 0.25) is 0 Å². The number of likely N-dealkylation sites (N-methyl/N-ethyl adjacent to an activating group) is 1. The van der Waals surface area contributed by atoms with Crippen LogP contribution in [0.2, 0.25) is 0 Å². The molecule has 9 nitrogen and oxygen atoms in total. The Morgan fingerprint density at radius 1 is 1.10 bits per heavy atom. The summed E-state index contributed by atoms with van der Waals surface area (Å²) >= 11 is 0. The van der Waals surface area contributed by atoms with Crippen LogP contribution in [0.1, 0.15) is 24.0 Å². The van der Waals surface area contributed by atoms with Crippen LogP contribution in [-0.2, 0) is 14.4 Å². The lowest BCUT2D eigenvalue weighted by Gasteiger charge is -2.50. The van der Waals surface area contributed by atoms with Gasteiger partial charge in [-0.2, -0.15) is 0 Å². The number of carbonyl (C=O) groups is 3. The second-order valence-electron chi connectivity index (χ2n) is 8.63. The smallest absolute Gasteiger partial charge is 0.255 e. The lowest BCUT2D eigenvalue weighted by molar-refractivity contribution is -0.143. The summed E-state index contributed by atoms with van der Waals surface area (Å²) < 4.78 is 0. The Balaban J connectivity index is 1.99. The molecule has 6 N–H and O–H groups in total. The minimum atomic E-state index is -1.51. The van der Waals surface area contributed by atoms with Crippen LogP contribution in [0.25, 0.3) is 5.76 Å². The molecular weight excluding hydrogens is 404 g/mol. The van der Waals surface area contributed by atoms with E-state index < -0.39 is 70.4 Å². The van der Waals surface area contributed by atoms with E-state index in [4.69, 9.17) is 5.73 Å². The summed E-state index contributed by atoms with van der Waals surface area (Å²) in [6, 6.07) is 3.65. The van der Waals surface area contributed by atoms with Gasteiger partial charge in [0.25, 0.3) is 5.91 Å². The quantitative estimate of drug-likeness (QED) is 0.334. The molecule has 1 amide bonds. The summed E-state index contributed by atoms with van der Waals surface area (Å²) in [7, 11) is 3.17. The maximum atomic E-state index is 13.6. The van der Waals surface area contributed by atoms with Gasteiger partial charge in [0.15, 0.2) is 11.6 Å². The lowest BCUT2D eigenvalue weighted by atomic mass is 9.56. The van der Waals surface area contributed by atoms with Crippen molar-refractivity contribution >= 4 is 23.2 Å². The zero-order valence-electron chi connectivity index (χ0n) is 17.2. The second-order valence-corrected chi connectivity index (χ2v) is 8.63. The van der Waals surface area contributed by atoms with Crippen LogP contribution in [0.5, 0.6) is 5.75 Å². The number of Topliss-reactive ketones (excluding diaryl/α,β-unsaturated/α-hetero) is 2. The van der Waals surface area contributed by atoms with E-state index in [0.29, 0.717) is 5.56 Å². The van der Waals surface area contributed by atoms with Gasteiger partial charge in [-0.15, -0.1) is 0 Å². The molecule has 0 aromatic heterocycles. The molecule has 31 heavy (non-hydrogen) atoms. The van der Waals surface area contributed by atoms with Crippen LogP contribution < -0.4 is 5.73 Å². The maximum absolute atomic E-state index is 13.6. The Labute approximate surface area is 178 Å². The van der Waals surface area contributed by atoms with Gasteiger partial charge in [0, 0.05) is 17.4 Å². The molecule has 4 rings (SSSR count). The summed E-state index contributed by atoms with van der Waals surface area (Å²) in [6.07, 6.45) is -1.31. The largest absolute Gasteiger partial charge is 0.510 e. The molecule has 0 saturated heterocycles. The predicted octanol–water partition coefficient (Wildman–Crippen LogP) is 0.381. The average Bonchev–Trinajstić information content (AvgIpc) is 2.67. The minimum absolute atomic E-state index is 0.0844. The molecule has 164 valence electrons. The molecule has 0 spiro atoms. The number of rotatable bonds is 2. The van der Waals surface area contributed by atoms with Gasteiger partial charge in [-0.3, -0.25) is 19.3 Å². The van der Waals surface area contributed by atoms with E-state index in [0.717, 1.165) is 0 Å². The van der Waals surface area contributed by atoms with Crippen molar-refractivity contribution in [3.05, 3.63) is 46.2 Å². The highest BCUT2D eigenvalue weighted by atomic mass is 16.3. The fourth-order valence-corrected chi connectivity index (χ4v) is 5.57. The Kier molecular flexibility index (Phi) is 4.71. The molecule has 0 aliphatic heterocycles. The monoisotopic (exact) mass is 428 g/mol. The third kappa shape index (κ3) is 2.66. The number of fused-ring (bicyclic) bond motifs is 3. The number of phenolic OH excluding ortho intramolecular Hbond substituents is 1. The lowest BCUT2D eigenvalue weighted by Crippen LogP contribution is -2.61. The number of primary amides is 1. The number of benzene rings is 1. The van der Waals surface area contributed by atoms with Crippen molar-refractivity contribution in [1.82, 2.24) is 4.90 Å². The summed E-state index contributed by atoms with van der Waals surface area (Å²) in [6.45, 7) is 1.76. The zero-order valence-corrected chi connectivity index (χ0v) is 17.2. The average molecular weight is 428 g/mol. The fourth-order valence-electron chi connectivity index (χ4n) is 5.57. The number of ketones is 2. The topological polar surface area (TPSA) is 161 Å². The molecule has 0 radical (unpaired) electrons. The molecule has 1 aromatic rings. The minimum Gasteiger partial charge on any atom is -0.510 e.